The lowest BCUT2D eigenvalue weighted by atomic mass is 10.1. The molecule has 0 radical (unpaired) electrons. The van der Waals surface area contributed by atoms with Crippen molar-refractivity contribution in [3.05, 3.63) is 146 Å². The lowest BCUT2D eigenvalue weighted by Crippen LogP contribution is -2.44. The van der Waals surface area contributed by atoms with E-state index in [0.29, 0.717) is 23.9 Å². The largest absolute Gasteiger partial charge is 0.545 e. The first-order chi connectivity index (χ1) is 34.6. The number of hydrogen-bond acceptors (Lipinski definition) is 8. The van der Waals surface area contributed by atoms with Crippen LogP contribution in [0.1, 0.15) is 168 Å². The van der Waals surface area contributed by atoms with Crippen molar-refractivity contribution in [1.29, 1.82) is 0 Å². The van der Waals surface area contributed by atoms with Crippen LogP contribution in [0.15, 0.2) is 146 Å². The van der Waals surface area contributed by atoms with Crippen molar-refractivity contribution in [1.82, 2.24) is 0 Å². The average molecular weight is 984 g/mol. The SMILES string of the molecule is CC/C=C\C/C=C\C/C=C\C/C=C\C/C=C\C/C=C\C/C=C\CCCCCCCC(=O)OC(COC(=O)CCCCC/C=C\C/C=C\C/C=C\C/C=C\C/C=C\CC)COC(OCC[N+](C)(C)C)C(=O)[O-]. The number of likely N-dealkylation sites (N-methyl/N-ethyl adjacent to an activating group) is 1. The van der Waals surface area contributed by atoms with Crippen LogP contribution in [0.4, 0.5) is 0 Å². The zero-order chi connectivity index (χ0) is 52.0. The van der Waals surface area contributed by atoms with E-state index < -0.39 is 30.3 Å². The molecule has 0 aliphatic rings. The van der Waals surface area contributed by atoms with Crippen molar-refractivity contribution in [3.8, 4) is 0 Å². The zero-order valence-corrected chi connectivity index (χ0v) is 45.0. The summed E-state index contributed by atoms with van der Waals surface area (Å²) in [7, 11) is 5.88. The molecule has 398 valence electrons. The fraction of sp³-hybridized carbons (Fsp3) is 0.565. The van der Waals surface area contributed by atoms with Crippen LogP contribution in [-0.4, -0.2) is 82.3 Å². The zero-order valence-electron chi connectivity index (χ0n) is 45.0. The number of aliphatic carboxylic acids is 1. The third-order valence-electron chi connectivity index (χ3n) is 10.6. The molecule has 0 N–H and O–H groups in total. The number of carboxylic acids is 1. The van der Waals surface area contributed by atoms with Gasteiger partial charge in [0.2, 0.25) is 0 Å². The average Bonchev–Trinajstić information content (AvgIpc) is 3.34. The summed E-state index contributed by atoms with van der Waals surface area (Å²) in [6.45, 7) is 4.42. The van der Waals surface area contributed by atoms with Gasteiger partial charge >= 0.3 is 11.9 Å². The van der Waals surface area contributed by atoms with Gasteiger partial charge in [0.05, 0.1) is 40.3 Å². The first-order valence-electron chi connectivity index (χ1n) is 27.0. The lowest BCUT2D eigenvalue weighted by molar-refractivity contribution is -0.870. The van der Waals surface area contributed by atoms with E-state index in [4.69, 9.17) is 18.9 Å². The minimum absolute atomic E-state index is 0.128. The van der Waals surface area contributed by atoms with Crippen molar-refractivity contribution in [2.75, 3.05) is 47.5 Å². The first kappa shape index (κ1) is 66.2. The summed E-state index contributed by atoms with van der Waals surface area (Å²) in [5, 5.41) is 11.8. The molecule has 0 heterocycles. The molecule has 2 unspecified atom stereocenters. The molecule has 0 aliphatic carbocycles. The van der Waals surface area contributed by atoms with Gasteiger partial charge in [-0.1, -0.05) is 185 Å². The van der Waals surface area contributed by atoms with E-state index in [9.17, 15) is 19.5 Å². The summed E-state index contributed by atoms with van der Waals surface area (Å²) in [6.07, 6.45) is 71.7. The summed E-state index contributed by atoms with van der Waals surface area (Å²) in [5.74, 6) is -2.38. The third-order valence-corrected chi connectivity index (χ3v) is 10.6. The second-order valence-corrected chi connectivity index (χ2v) is 18.4. The van der Waals surface area contributed by atoms with Gasteiger partial charge in [-0.3, -0.25) is 9.59 Å². The highest BCUT2D eigenvalue weighted by Crippen LogP contribution is 2.12. The van der Waals surface area contributed by atoms with Crippen molar-refractivity contribution in [2.45, 2.75) is 180 Å². The van der Waals surface area contributed by atoms with E-state index in [1.165, 1.54) is 0 Å². The predicted octanol–water partition coefficient (Wildman–Crippen LogP) is 14.3. The maximum atomic E-state index is 12.8. The Balaban J connectivity index is 4.45. The van der Waals surface area contributed by atoms with Crippen LogP contribution in [-0.2, 0) is 33.3 Å². The molecule has 0 saturated heterocycles. The summed E-state index contributed by atoms with van der Waals surface area (Å²) >= 11 is 0. The molecular formula is C62H97NO8. The van der Waals surface area contributed by atoms with Gasteiger partial charge in [0.15, 0.2) is 12.4 Å². The minimum atomic E-state index is -1.65. The number of hydrogen-bond donors (Lipinski definition) is 0. The summed E-state index contributed by atoms with van der Waals surface area (Å²) in [5.41, 5.74) is 0. The fourth-order valence-electron chi connectivity index (χ4n) is 6.48. The predicted molar refractivity (Wildman–Crippen MR) is 296 cm³/mol. The third kappa shape index (κ3) is 52.8. The van der Waals surface area contributed by atoms with Gasteiger partial charge in [-0.15, -0.1) is 0 Å². The van der Waals surface area contributed by atoms with Gasteiger partial charge in [-0.2, -0.15) is 0 Å². The minimum Gasteiger partial charge on any atom is -0.545 e. The molecule has 0 saturated carbocycles. The number of esters is 2. The van der Waals surface area contributed by atoms with E-state index in [1.807, 2.05) is 21.1 Å². The van der Waals surface area contributed by atoms with Gasteiger partial charge in [-0.25, -0.2) is 0 Å². The van der Waals surface area contributed by atoms with E-state index in [-0.39, 0.29) is 32.7 Å². The molecule has 0 aromatic heterocycles. The lowest BCUT2D eigenvalue weighted by Gasteiger charge is -2.26. The number of quaternary nitrogens is 1. The highest BCUT2D eigenvalue weighted by Gasteiger charge is 2.21. The van der Waals surface area contributed by atoms with Crippen molar-refractivity contribution < 1.29 is 42.9 Å². The van der Waals surface area contributed by atoms with Gasteiger partial charge in [0.25, 0.3) is 0 Å². The normalized spacial score (nSPS) is 14.0. The molecular weight excluding hydrogens is 887 g/mol. The quantitative estimate of drug-likeness (QED) is 0.0195. The number of allylic oxidation sites excluding steroid dienone is 24. The van der Waals surface area contributed by atoms with Crippen LogP contribution < -0.4 is 5.11 Å². The van der Waals surface area contributed by atoms with Crippen molar-refractivity contribution in [3.63, 3.8) is 0 Å². The van der Waals surface area contributed by atoms with Gasteiger partial charge < -0.3 is 33.3 Å². The van der Waals surface area contributed by atoms with Crippen LogP contribution in [0, 0.1) is 0 Å². The number of rotatable bonds is 47. The molecule has 0 fully saturated rings. The molecule has 0 amide bonds. The molecule has 9 heteroatoms. The number of unbranched alkanes of at least 4 members (excludes halogenated alkanes) is 8. The van der Waals surface area contributed by atoms with Crippen LogP contribution in [0.2, 0.25) is 0 Å². The number of carbonyl (C=O) groups is 3. The Hall–Kier alpha value is -4.83. The molecule has 0 rings (SSSR count). The van der Waals surface area contributed by atoms with Crippen LogP contribution >= 0.6 is 0 Å². The van der Waals surface area contributed by atoms with E-state index in [1.54, 1.807) is 0 Å². The summed E-state index contributed by atoms with van der Waals surface area (Å²) in [4.78, 5) is 37.2. The number of carboxylic acid groups (broad SMARTS) is 1. The molecule has 0 aromatic rings. The number of carbonyl (C=O) groups excluding carboxylic acids is 3. The Morgan fingerprint density at radius 2 is 0.761 bits per heavy atom. The van der Waals surface area contributed by atoms with Crippen LogP contribution in [0.5, 0.6) is 0 Å². The van der Waals surface area contributed by atoms with Crippen LogP contribution in [0.25, 0.3) is 0 Å². The van der Waals surface area contributed by atoms with E-state index >= 15 is 0 Å². The summed E-state index contributed by atoms with van der Waals surface area (Å²) in [6, 6.07) is 0. The highest BCUT2D eigenvalue weighted by molar-refractivity contribution is 5.70. The molecule has 2 atom stereocenters. The Morgan fingerprint density at radius 1 is 0.423 bits per heavy atom. The van der Waals surface area contributed by atoms with Crippen molar-refractivity contribution >= 4 is 17.9 Å². The Kier molecular flexibility index (Phi) is 48.0. The molecule has 71 heavy (non-hydrogen) atoms. The second kappa shape index (κ2) is 51.5. The van der Waals surface area contributed by atoms with Crippen LogP contribution in [0.3, 0.4) is 0 Å². The summed E-state index contributed by atoms with van der Waals surface area (Å²) < 4.78 is 22.6. The molecule has 9 nitrogen and oxygen atoms in total. The monoisotopic (exact) mass is 984 g/mol. The first-order valence-corrected chi connectivity index (χ1v) is 27.0. The molecule has 0 aliphatic heterocycles. The standard InChI is InChI=1S/C62H97NO8/c1-6-8-10-12-14-16-18-20-22-24-26-27-28-29-30-31-32-33-35-37-39-41-43-45-47-49-51-53-60(65)71-58(57-70-62(61(66)67)68-55-54-63(3,4)5)56-69-59(64)52-50-48-46-44-42-40-38-36-34-25-23-21-19-17-15-13-11-9-7-2/h8-11,14-17,20-23,26-27,29-30,32-34,36-37,39-40,42,58,62H,6-7,12-13,18-19,24-25,28,31,35,38,41,43-57H2,1-5H3/b10-8-,11-9-,16-14-,17-15-,22-20-,23-21-,27-26-,30-29-,33-32-,36-34-,39-37-,42-40-. The fourth-order valence-corrected chi connectivity index (χ4v) is 6.48. The Labute approximate surface area is 432 Å². The highest BCUT2D eigenvalue weighted by atomic mass is 16.7. The maximum Gasteiger partial charge on any atom is 0.306 e. The van der Waals surface area contributed by atoms with Crippen molar-refractivity contribution in [2.24, 2.45) is 0 Å². The maximum absolute atomic E-state index is 12.8. The molecule has 0 bridgehead atoms. The smallest absolute Gasteiger partial charge is 0.306 e. The Bertz CT molecular complexity index is 1670. The van der Waals surface area contributed by atoms with Gasteiger partial charge in [0, 0.05) is 12.8 Å². The van der Waals surface area contributed by atoms with Gasteiger partial charge in [-0.05, 0) is 116 Å². The van der Waals surface area contributed by atoms with E-state index in [0.717, 1.165) is 128 Å². The number of nitrogens with zero attached hydrogens (tertiary/aromatic N) is 1. The molecule has 0 aromatic carbocycles. The topological polar surface area (TPSA) is 111 Å². The number of ether oxygens (including phenoxy) is 4. The Morgan fingerprint density at radius 3 is 1.14 bits per heavy atom. The van der Waals surface area contributed by atoms with E-state index in [2.05, 4.69) is 160 Å². The second-order valence-electron chi connectivity index (χ2n) is 18.4. The molecule has 0 spiro atoms. The van der Waals surface area contributed by atoms with Gasteiger partial charge in [0.1, 0.15) is 13.2 Å².